The monoisotopic (exact) mass is 468 g/mol. The average molecular weight is 469 g/mol. The van der Waals surface area contributed by atoms with Crippen molar-refractivity contribution in [2.45, 2.75) is 41.5 Å². The Morgan fingerprint density at radius 2 is 1.29 bits per heavy atom. The standard InChI is InChI=1S/C12H10S.C11H13F3O3S/c1-3-7-11(8-4-1)13-12-9-5-2-6-10-12;1-2-3-6-9-7-4-5-8-10(9)17-18(15,16)11(12,13)14/h1-10H;4-5,7-8H,2-3,6H2,1H3. The van der Waals surface area contributed by atoms with Crippen LogP contribution in [0.5, 0.6) is 5.75 Å². The first-order valence-corrected chi connectivity index (χ1v) is 11.8. The molecule has 0 aliphatic heterocycles. The molecule has 0 radical (unpaired) electrons. The molecule has 0 bridgehead atoms. The minimum Gasteiger partial charge on any atom is -0.376 e. The molecule has 0 spiro atoms. The minimum atomic E-state index is -5.60. The van der Waals surface area contributed by atoms with Crippen molar-refractivity contribution >= 4 is 21.9 Å². The van der Waals surface area contributed by atoms with Gasteiger partial charge in [-0.05, 0) is 48.7 Å². The fourth-order valence-corrected chi connectivity index (χ4v) is 3.79. The van der Waals surface area contributed by atoms with Crippen LogP contribution < -0.4 is 4.18 Å². The fourth-order valence-electron chi connectivity index (χ4n) is 2.44. The van der Waals surface area contributed by atoms with Crippen molar-refractivity contribution < 1.29 is 25.8 Å². The van der Waals surface area contributed by atoms with Crippen LogP contribution >= 0.6 is 11.8 Å². The number of aryl methyl sites for hydroxylation is 1. The third-order valence-electron chi connectivity index (χ3n) is 3.98. The fraction of sp³-hybridized carbons (Fsp3) is 0.217. The van der Waals surface area contributed by atoms with Gasteiger partial charge >= 0.3 is 15.6 Å². The van der Waals surface area contributed by atoms with Crippen molar-refractivity contribution in [3.8, 4) is 5.75 Å². The highest BCUT2D eigenvalue weighted by molar-refractivity contribution is 7.99. The largest absolute Gasteiger partial charge is 0.534 e. The van der Waals surface area contributed by atoms with E-state index in [2.05, 4.69) is 52.7 Å². The van der Waals surface area contributed by atoms with Crippen LogP contribution in [-0.2, 0) is 16.5 Å². The average Bonchev–Trinajstić information content (AvgIpc) is 2.74. The second-order valence-corrected chi connectivity index (χ2v) is 9.11. The van der Waals surface area contributed by atoms with Gasteiger partial charge in [0.05, 0.1) is 0 Å². The lowest BCUT2D eigenvalue weighted by Gasteiger charge is -2.12. The van der Waals surface area contributed by atoms with E-state index >= 15 is 0 Å². The highest BCUT2D eigenvalue weighted by Crippen LogP contribution is 2.29. The summed E-state index contributed by atoms with van der Waals surface area (Å²) < 4.78 is 62.5. The van der Waals surface area contributed by atoms with Gasteiger partial charge in [-0.2, -0.15) is 21.6 Å². The Morgan fingerprint density at radius 1 is 0.806 bits per heavy atom. The summed E-state index contributed by atoms with van der Waals surface area (Å²) in [5.74, 6) is -0.261. The van der Waals surface area contributed by atoms with Gasteiger partial charge in [-0.3, -0.25) is 0 Å². The zero-order chi connectivity index (χ0) is 22.7. The smallest absolute Gasteiger partial charge is 0.376 e. The molecule has 0 aliphatic rings. The molecule has 0 unspecified atom stereocenters. The summed E-state index contributed by atoms with van der Waals surface area (Å²) in [7, 11) is -5.60. The maximum Gasteiger partial charge on any atom is 0.534 e. The quantitative estimate of drug-likeness (QED) is 0.274. The van der Waals surface area contributed by atoms with E-state index in [0.29, 0.717) is 12.0 Å². The summed E-state index contributed by atoms with van der Waals surface area (Å²) in [6.07, 6.45) is 2.06. The van der Waals surface area contributed by atoms with Gasteiger partial charge in [-0.25, -0.2) is 0 Å². The van der Waals surface area contributed by atoms with Gasteiger partial charge in [-0.1, -0.05) is 79.7 Å². The van der Waals surface area contributed by atoms with Crippen molar-refractivity contribution in [2.75, 3.05) is 0 Å². The van der Waals surface area contributed by atoms with E-state index in [1.54, 1.807) is 23.9 Å². The minimum absolute atomic E-state index is 0.261. The Bertz CT molecular complexity index is 985. The summed E-state index contributed by atoms with van der Waals surface area (Å²) in [5, 5.41) is 0. The number of rotatable bonds is 7. The first-order chi connectivity index (χ1) is 14.7. The molecule has 3 nitrogen and oxygen atoms in total. The number of alkyl halides is 3. The molecular weight excluding hydrogens is 445 g/mol. The van der Waals surface area contributed by atoms with E-state index < -0.39 is 15.6 Å². The highest BCUT2D eigenvalue weighted by Gasteiger charge is 2.48. The van der Waals surface area contributed by atoms with Crippen molar-refractivity contribution in [3.05, 3.63) is 90.5 Å². The van der Waals surface area contributed by atoms with Gasteiger partial charge in [0.25, 0.3) is 0 Å². The van der Waals surface area contributed by atoms with Crippen molar-refractivity contribution in [1.82, 2.24) is 0 Å². The van der Waals surface area contributed by atoms with Crippen LogP contribution in [0, 0.1) is 0 Å². The maximum absolute atomic E-state index is 12.2. The third-order valence-corrected chi connectivity index (χ3v) is 5.96. The zero-order valence-corrected chi connectivity index (χ0v) is 18.5. The van der Waals surface area contributed by atoms with Gasteiger partial charge < -0.3 is 4.18 Å². The molecular formula is C23H23F3O3S2. The normalized spacial score (nSPS) is 11.4. The predicted octanol–water partition coefficient (Wildman–Crippen LogP) is 7.10. The van der Waals surface area contributed by atoms with Crippen LogP contribution in [0.25, 0.3) is 0 Å². The number of halogens is 3. The zero-order valence-electron chi connectivity index (χ0n) is 16.9. The molecule has 0 saturated heterocycles. The number of benzene rings is 3. The third kappa shape index (κ3) is 8.30. The van der Waals surface area contributed by atoms with Crippen LogP contribution in [0.15, 0.2) is 94.7 Å². The van der Waals surface area contributed by atoms with Crippen LogP contribution in [-0.4, -0.2) is 13.9 Å². The Hall–Kier alpha value is -2.45. The van der Waals surface area contributed by atoms with Gasteiger partial charge in [0, 0.05) is 9.79 Å². The number of hydrogen-bond donors (Lipinski definition) is 0. The lowest BCUT2D eigenvalue weighted by atomic mass is 10.1. The second kappa shape index (κ2) is 11.8. The van der Waals surface area contributed by atoms with Crippen molar-refractivity contribution in [1.29, 1.82) is 0 Å². The molecule has 166 valence electrons. The Morgan fingerprint density at radius 3 is 1.77 bits per heavy atom. The molecule has 3 rings (SSSR count). The SMILES string of the molecule is CCCCc1ccccc1OS(=O)(=O)C(F)(F)F.c1ccc(Sc2ccccc2)cc1. The summed E-state index contributed by atoms with van der Waals surface area (Å²) in [4.78, 5) is 2.57. The van der Waals surface area contributed by atoms with Gasteiger partial charge in [-0.15, -0.1) is 0 Å². The first-order valence-electron chi connectivity index (χ1n) is 9.59. The topological polar surface area (TPSA) is 43.4 Å². The molecule has 0 N–H and O–H groups in total. The van der Waals surface area contributed by atoms with Crippen LogP contribution in [0.1, 0.15) is 25.3 Å². The highest BCUT2D eigenvalue weighted by atomic mass is 32.2. The molecule has 0 amide bonds. The lowest BCUT2D eigenvalue weighted by Crippen LogP contribution is -2.28. The molecule has 0 saturated carbocycles. The second-order valence-electron chi connectivity index (χ2n) is 6.42. The first kappa shape index (κ1) is 24.8. The van der Waals surface area contributed by atoms with Crippen molar-refractivity contribution in [3.63, 3.8) is 0 Å². The van der Waals surface area contributed by atoms with Crippen molar-refractivity contribution in [2.24, 2.45) is 0 Å². The van der Waals surface area contributed by atoms with Gasteiger partial charge in [0.1, 0.15) is 5.75 Å². The molecule has 31 heavy (non-hydrogen) atoms. The molecule has 0 fully saturated rings. The molecule has 3 aromatic carbocycles. The van der Waals surface area contributed by atoms with Crippen LogP contribution in [0.3, 0.4) is 0 Å². The summed E-state index contributed by atoms with van der Waals surface area (Å²) >= 11 is 1.79. The van der Waals surface area contributed by atoms with E-state index in [4.69, 9.17) is 0 Å². The molecule has 8 heteroatoms. The molecule has 0 heterocycles. The Kier molecular flexibility index (Phi) is 9.45. The molecule has 0 aromatic heterocycles. The Balaban J connectivity index is 0.000000231. The maximum atomic E-state index is 12.2. The molecule has 0 aliphatic carbocycles. The number of para-hydroxylation sites is 1. The number of hydrogen-bond acceptors (Lipinski definition) is 4. The summed E-state index contributed by atoms with van der Waals surface area (Å²) in [6.45, 7) is 1.93. The van der Waals surface area contributed by atoms with E-state index in [9.17, 15) is 21.6 Å². The van der Waals surface area contributed by atoms with Crippen LogP contribution in [0.2, 0.25) is 0 Å². The summed E-state index contributed by atoms with van der Waals surface area (Å²) in [6, 6.07) is 26.6. The predicted molar refractivity (Wildman–Crippen MR) is 118 cm³/mol. The van der Waals surface area contributed by atoms with Gasteiger partial charge in [0.2, 0.25) is 0 Å². The van der Waals surface area contributed by atoms with Gasteiger partial charge in [0.15, 0.2) is 0 Å². The van der Waals surface area contributed by atoms with E-state index in [0.717, 1.165) is 12.8 Å². The summed E-state index contributed by atoms with van der Waals surface area (Å²) in [5.41, 5.74) is -4.96. The molecule has 3 aromatic rings. The van der Waals surface area contributed by atoms with E-state index in [1.807, 2.05) is 19.1 Å². The van der Waals surface area contributed by atoms with E-state index in [1.165, 1.54) is 21.9 Å². The van der Waals surface area contributed by atoms with E-state index in [-0.39, 0.29) is 5.75 Å². The Labute approximate surface area is 185 Å². The van der Waals surface area contributed by atoms with Crippen LogP contribution in [0.4, 0.5) is 13.2 Å². The lowest BCUT2D eigenvalue weighted by molar-refractivity contribution is -0.0500. The molecule has 0 atom stereocenters. The number of unbranched alkanes of at least 4 members (excludes halogenated alkanes) is 1.